The molecule has 1 unspecified atom stereocenters. The maximum atomic E-state index is 12.8. The molecule has 1 aliphatic carbocycles. The summed E-state index contributed by atoms with van der Waals surface area (Å²) in [5.74, 6) is -0.0137. The fraction of sp³-hybridized carbons (Fsp3) is 0.235. The third-order valence-electron chi connectivity index (χ3n) is 3.81. The lowest BCUT2D eigenvalue weighted by atomic mass is 9.92. The van der Waals surface area contributed by atoms with Crippen LogP contribution in [-0.2, 0) is 17.6 Å². The van der Waals surface area contributed by atoms with Crippen LogP contribution >= 0.6 is 0 Å². The summed E-state index contributed by atoms with van der Waals surface area (Å²) in [4.78, 5) is 12.4. The molecule has 0 bridgehead atoms. The zero-order chi connectivity index (χ0) is 13.2. The van der Waals surface area contributed by atoms with Crippen LogP contribution in [0.15, 0.2) is 48.5 Å². The third-order valence-corrected chi connectivity index (χ3v) is 3.81. The van der Waals surface area contributed by atoms with E-state index >= 15 is 0 Å². The van der Waals surface area contributed by atoms with E-state index in [1.165, 1.54) is 23.3 Å². The zero-order valence-electron chi connectivity index (χ0n) is 10.6. The Balaban J connectivity index is 1.77. The van der Waals surface area contributed by atoms with Gasteiger partial charge < -0.3 is 0 Å². The molecule has 0 amide bonds. The van der Waals surface area contributed by atoms with Crippen molar-refractivity contribution in [2.75, 3.05) is 0 Å². The van der Waals surface area contributed by atoms with Crippen LogP contribution in [0.4, 0.5) is 4.39 Å². The van der Waals surface area contributed by atoms with E-state index in [0.717, 1.165) is 18.4 Å². The second kappa shape index (κ2) is 4.96. The van der Waals surface area contributed by atoms with Gasteiger partial charge in [-0.15, -0.1) is 0 Å². The van der Waals surface area contributed by atoms with Crippen molar-refractivity contribution in [1.29, 1.82) is 0 Å². The standard InChI is InChI=1S/C17H15FO/c18-14-8-5-12(6-9-14)11-17(19)16-10-7-13-3-1-2-4-15(13)16/h1-6,8-9,16H,7,10-11H2. The molecule has 0 aromatic heterocycles. The van der Waals surface area contributed by atoms with Crippen molar-refractivity contribution in [3.05, 3.63) is 71.0 Å². The Hall–Kier alpha value is -1.96. The van der Waals surface area contributed by atoms with Gasteiger partial charge in [-0.3, -0.25) is 4.79 Å². The van der Waals surface area contributed by atoms with Crippen LogP contribution in [0.3, 0.4) is 0 Å². The Morgan fingerprint density at radius 2 is 1.84 bits per heavy atom. The lowest BCUT2D eigenvalue weighted by Gasteiger charge is -2.10. The molecule has 0 aliphatic heterocycles. The van der Waals surface area contributed by atoms with E-state index in [0.29, 0.717) is 6.42 Å². The van der Waals surface area contributed by atoms with Crippen LogP contribution in [-0.4, -0.2) is 5.78 Å². The largest absolute Gasteiger partial charge is 0.299 e. The molecule has 19 heavy (non-hydrogen) atoms. The predicted octanol–water partition coefficient (Wildman–Crippen LogP) is 3.67. The van der Waals surface area contributed by atoms with E-state index < -0.39 is 0 Å². The number of halogens is 1. The molecule has 0 radical (unpaired) electrons. The Morgan fingerprint density at radius 1 is 1.11 bits per heavy atom. The molecule has 1 aliphatic rings. The topological polar surface area (TPSA) is 17.1 Å². The highest BCUT2D eigenvalue weighted by Crippen LogP contribution is 2.34. The quantitative estimate of drug-likeness (QED) is 0.816. The summed E-state index contributed by atoms with van der Waals surface area (Å²) >= 11 is 0. The molecule has 0 spiro atoms. The molecule has 2 aromatic carbocycles. The smallest absolute Gasteiger partial charge is 0.144 e. The number of rotatable bonds is 3. The van der Waals surface area contributed by atoms with Crippen molar-refractivity contribution in [2.45, 2.75) is 25.2 Å². The lowest BCUT2D eigenvalue weighted by Crippen LogP contribution is -2.12. The van der Waals surface area contributed by atoms with Crippen molar-refractivity contribution in [1.82, 2.24) is 0 Å². The summed E-state index contributed by atoms with van der Waals surface area (Å²) in [6.07, 6.45) is 2.27. The molecule has 0 saturated heterocycles. The second-order valence-electron chi connectivity index (χ2n) is 5.06. The third kappa shape index (κ3) is 2.43. The molecule has 2 aromatic rings. The normalized spacial score (nSPS) is 17.2. The number of fused-ring (bicyclic) bond motifs is 1. The van der Waals surface area contributed by atoms with Gasteiger partial charge >= 0.3 is 0 Å². The molecule has 0 heterocycles. The van der Waals surface area contributed by atoms with Crippen LogP contribution in [0.5, 0.6) is 0 Å². The van der Waals surface area contributed by atoms with Crippen molar-refractivity contribution < 1.29 is 9.18 Å². The summed E-state index contributed by atoms with van der Waals surface area (Å²) in [5, 5.41) is 0. The molecular formula is C17H15FO. The first kappa shape index (κ1) is 12.1. The van der Waals surface area contributed by atoms with Gasteiger partial charge in [-0.25, -0.2) is 4.39 Å². The molecule has 3 rings (SSSR count). The first-order chi connectivity index (χ1) is 9.24. The number of aryl methyl sites for hydroxylation is 1. The van der Waals surface area contributed by atoms with Crippen molar-refractivity contribution in [3.63, 3.8) is 0 Å². The number of ketones is 1. The minimum Gasteiger partial charge on any atom is -0.299 e. The average molecular weight is 254 g/mol. The molecular weight excluding hydrogens is 239 g/mol. The first-order valence-corrected chi connectivity index (χ1v) is 6.59. The van der Waals surface area contributed by atoms with Gasteiger partial charge in [0, 0.05) is 12.3 Å². The van der Waals surface area contributed by atoms with E-state index in [2.05, 4.69) is 12.1 Å². The molecule has 96 valence electrons. The minimum atomic E-state index is -0.262. The first-order valence-electron chi connectivity index (χ1n) is 6.59. The van der Waals surface area contributed by atoms with Gasteiger partial charge in [0.2, 0.25) is 0 Å². The van der Waals surface area contributed by atoms with Gasteiger partial charge in [0.05, 0.1) is 0 Å². The van der Waals surface area contributed by atoms with E-state index in [-0.39, 0.29) is 17.5 Å². The van der Waals surface area contributed by atoms with Gasteiger partial charge in [0.15, 0.2) is 0 Å². The number of Topliss-reactive ketones (excluding diaryl/α,β-unsaturated/α-hetero) is 1. The fourth-order valence-electron chi connectivity index (χ4n) is 2.82. The lowest BCUT2D eigenvalue weighted by molar-refractivity contribution is -0.119. The fourth-order valence-corrected chi connectivity index (χ4v) is 2.82. The van der Waals surface area contributed by atoms with Crippen molar-refractivity contribution in [3.8, 4) is 0 Å². The number of carbonyl (C=O) groups is 1. The Morgan fingerprint density at radius 3 is 2.63 bits per heavy atom. The SMILES string of the molecule is O=C(Cc1ccc(F)cc1)C1CCc2ccccc21. The number of benzene rings is 2. The van der Waals surface area contributed by atoms with Crippen LogP contribution in [0.2, 0.25) is 0 Å². The van der Waals surface area contributed by atoms with Crippen LogP contribution in [0.25, 0.3) is 0 Å². The van der Waals surface area contributed by atoms with E-state index in [1.807, 2.05) is 12.1 Å². The summed E-state index contributed by atoms with van der Waals surface area (Å²) in [5.41, 5.74) is 3.35. The predicted molar refractivity (Wildman–Crippen MR) is 72.6 cm³/mol. The maximum absolute atomic E-state index is 12.8. The highest BCUT2D eigenvalue weighted by atomic mass is 19.1. The summed E-state index contributed by atoms with van der Waals surface area (Å²) < 4.78 is 12.8. The van der Waals surface area contributed by atoms with Gasteiger partial charge in [0.1, 0.15) is 11.6 Å². The summed E-state index contributed by atoms with van der Waals surface area (Å²) in [6.45, 7) is 0. The van der Waals surface area contributed by atoms with Gasteiger partial charge in [-0.2, -0.15) is 0 Å². The second-order valence-corrected chi connectivity index (χ2v) is 5.06. The molecule has 0 fully saturated rings. The minimum absolute atomic E-state index is 0.0150. The van der Waals surface area contributed by atoms with Crippen LogP contribution in [0, 0.1) is 5.82 Å². The van der Waals surface area contributed by atoms with Crippen molar-refractivity contribution >= 4 is 5.78 Å². The van der Waals surface area contributed by atoms with Crippen molar-refractivity contribution in [2.24, 2.45) is 0 Å². The molecule has 1 atom stereocenters. The monoisotopic (exact) mass is 254 g/mol. The molecule has 1 nitrogen and oxygen atoms in total. The van der Waals surface area contributed by atoms with Gasteiger partial charge in [0.25, 0.3) is 0 Å². The summed E-state index contributed by atoms with van der Waals surface area (Å²) in [7, 11) is 0. The number of carbonyl (C=O) groups excluding carboxylic acids is 1. The van der Waals surface area contributed by atoms with E-state index in [9.17, 15) is 9.18 Å². The van der Waals surface area contributed by atoms with Crippen LogP contribution in [0.1, 0.15) is 29.0 Å². The molecule has 0 N–H and O–H groups in total. The number of hydrogen-bond donors (Lipinski definition) is 0. The highest BCUT2D eigenvalue weighted by Gasteiger charge is 2.27. The zero-order valence-corrected chi connectivity index (χ0v) is 10.6. The molecule has 0 saturated carbocycles. The average Bonchev–Trinajstić information content (AvgIpc) is 2.85. The summed E-state index contributed by atoms with van der Waals surface area (Å²) in [6, 6.07) is 14.3. The Labute approximate surface area is 112 Å². The maximum Gasteiger partial charge on any atom is 0.144 e. The molecule has 2 heteroatoms. The number of hydrogen-bond acceptors (Lipinski definition) is 1. The Bertz CT molecular complexity index is 601. The van der Waals surface area contributed by atoms with Crippen LogP contribution < -0.4 is 0 Å². The Kier molecular flexibility index (Phi) is 3.16. The highest BCUT2D eigenvalue weighted by molar-refractivity contribution is 5.88. The van der Waals surface area contributed by atoms with Gasteiger partial charge in [-0.05, 0) is 41.7 Å². The van der Waals surface area contributed by atoms with E-state index in [4.69, 9.17) is 0 Å². The van der Waals surface area contributed by atoms with E-state index in [1.54, 1.807) is 12.1 Å². The van der Waals surface area contributed by atoms with Gasteiger partial charge in [-0.1, -0.05) is 36.4 Å².